The Bertz CT molecular complexity index is 406. The van der Waals surface area contributed by atoms with Crippen molar-refractivity contribution in [3.05, 3.63) is 23.8 Å². The molecule has 0 aliphatic rings. The standard InChI is InChI=1S/C9H10F3NO2S/c10-9(11,12)6-1-2-8(7(13)5-6)16(15)4-3-14/h1-2,5,14H,3-4,13H2. The molecule has 7 heteroatoms. The smallest absolute Gasteiger partial charge is 0.398 e. The van der Waals surface area contributed by atoms with Gasteiger partial charge >= 0.3 is 6.18 Å². The van der Waals surface area contributed by atoms with E-state index in [2.05, 4.69) is 0 Å². The molecule has 0 spiro atoms. The number of aliphatic hydroxyl groups excluding tert-OH is 1. The van der Waals surface area contributed by atoms with Crippen LogP contribution in [0.5, 0.6) is 0 Å². The van der Waals surface area contributed by atoms with Crippen LogP contribution >= 0.6 is 0 Å². The Labute approximate surface area is 92.5 Å². The lowest BCUT2D eigenvalue weighted by Gasteiger charge is -2.10. The highest BCUT2D eigenvalue weighted by molar-refractivity contribution is 7.85. The van der Waals surface area contributed by atoms with E-state index >= 15 is 0 Å². The number of anilines is 1. The van der Waals surface area contributed by atoms with Gasteiger partial charge in [-0.2, -0.15) is 13.2 Å². The Kier molecular flexibility index (Phi) is 3.93. The zero-order valence-corrected chi connectivity index (χ0v) is 8.94. The second kappa shape index (κ2) is 4.84. The molecule has 0 amide bonds. The normalized spacial score (nSPS) is 13.8. The molecule has 3 nitrogen and oxygen atoms in total. The largest absolute Gasteiger partial charge is 0.416 e. The monoisotopic (exact) mass is 253 g/mol. The number of nitrogen functional groups attached to an aromatic ring is 1. The van der Waals surface area contributed by atoms with E-state index in [1.807, 2.05) is 0 Å². The summed E-state index contributed by atoms with van der Waals surface area (Å²) in [5.41, 5.74) is 4.32. The third-order valence-electron chi connectivity index (χ3n) is 1.86. The van der Waals surface area contributed by atoms with Gasteiger partial charge in [0.2, 0.25) is 0 Å². The van der Waals surface area contributed by atoms with E-state index in [-0.39, 0.29) is 22.9 Å². The van der Waals surface area contributed by atoms with Crippen molar-refractivity contribution < 1.29 is 22.5 Å². The zero-order chi connectivity index (χ0) is 12.3. The molecule has 0 saturated carbocycles. The second-order valence-electron chi connectivity index (χ2n) is 3.02. The average molecular weight is 253 g/mol. The van der Waals surface area contributed by atoms with E-state index in [0.29, 0.717) is 0 Å². The van der Waals surface area contributed by atoms with Gasteiger partial charge in [-0.25, -0.2) is 0 Å². The van der Waals surface area contributed by atoms with Gasteiger partial charge < -0.3 is 10.8 Å². The number of hydrogen-bond acceptors (Lipinski definition) is 3. The van der Waals surface area contributed by atoms with Gasteiger partial charge in [-0.1, -0.05) is 0 Å². The summed E-state index contributed by atoms with van der Waals surface area (Å²) in [6, 6.07) is 2.63. The zero-order valence-electron chi connectivity index (χ0n) is 8.12. The van der Waals surface area contributed by atoms with Gasteiger partial charge in [-0.15, -0.1) is 0 Å². The van der Waals surface area contributed by atoms with Gasteiger partial charge in [-0.3, -0.25) is 4.21 Å². The molecule has 90 valence electrons. The van der Waals surface area contributed by atoms with Crippen molar-refractivity contribution in [2.45, 2.75) is 11.1 Å². The Morgan fingerprint density at radius 2 is 2.00 bits per heavy atom. The number of aliphatic hydroxyl groups is 1. The summed E-state index contributed by atoms with van der Waals surface area (Å²) >= 11 is 0. The molecule has 1 unspecified atom stereocenters. The van der Waals surface area contributed by atoms with Crippen LogP contribution in [0.2, 0.25) is 0 Å². The lowest BCUT2D eigenvalue weighted by molar-refractivity contribution is -0.137. The van der Waals surface area contributed by atoms with E-state index in [9.17, 15) is 17.4 Å². The van der Waals surface area contributed by atoms with Crippen molar-refractivity contribution in [1.82, 2.24) is 0 Å². The van der Waals surface area contributed by atoms with Crippen molar-refractivity contribution in [3.8, 4) is 0 Å². The molecule has 0 bridgehead atoms. The Morgan fingerprint density at radius 3 is 2.44 bits per heavy atom. The molecular weight excluding hydrogens is 243 g/mol. The summed E-state index contributed by atoms with van der Waals surface area (Å²) < 4.78 is 48.2. The molecular formula is C9H10F3NO2S. The quantitative estimate of drug-likeness (QED) is 0.800. The van der Waals surface area contributed by atoms with Crippen LogP contribution in [0, 0.1) is 0 Å². The van der Waals surface area contributed by atoms with Crippen LogP contribution in [-0.4, -0.2) is 21.7 Å². The summed E-state index contributed by atoms with van der Waals surface area (Å²) in [5.74, 6) is -0.0461. The van der Waals surface area contributed by atoms with Crippen LogP contribution in [-0.2, 0) is 17.0 Å². The third-order valence-corrected chi connectivity index (χ3v) is 3.27. The average Bonchev–Trinajstić information content (AvgIpc) is 2.16. The molecule has 0 saturated heterocycles. The molecule has 1 rings (SSSR count). The van der Waals surface area contributed by atoms with E-state index in [1.54, 1.807) is 0 Å². The van der Waals surface area contributed by atoms with Gasteiger partial charge in [-0.05, 0) is 18.2 Å². The van der Waals surface area contributed by atoms with E-state index in [0.717, 1.165) is 18.2 Å². The maximum Gasteiger partial charge on any atom is 0.416 e. The fraction of sp³-hybridized carbons (Fsp3) is 0.333. The summed E-state index contributed by atoms with van der Waals surface area (Å²) in [6.45, 7) is -0.312. The first kappa shape index (κ1) is 13.0. The third kappa shape index (κ3) is 2.96. The predicted molar refractivity (Wildman–Crippen MR) is 54.2 cm³/mol. The molecule has 1 aromatic rings. The molecule has 0 aliphatic carbocycles. The molecule has 0 fully saturated rings. The summed E-state index contributed by atoms with van der Waals surface area (Å²) in [4.78, 5) is 0.113. The minimum absolute atomic E-state index is 0.0461. The summed E-state index contributed by atoms with van der Waals surface area (Å²) in [5, 5.41) is 8.56. The van der Waals surface area contributed by atoms with Crippen molar-refractivity contribution >= 4 is 16.5 Å². The molecule has 1 atom stereocenters. The van der Waals surface area contributed by atoms with E-state index in [4.69, 9.17) is 10.8 Å². The first-order valence-electron chi connectivity index (χ1n) is 4.32. The molecule has 16 heavy (non-hydrogen) atoms. The number of alkyl halides is 3. The van der Waals surface area contributed by atoms with Crippen LogP contribution in [0.3, 0.4) is 0 Å². The van der Waals surface area contributed by atoms with Crippen LogP contribution in [0.1, 0.15) is 5.56 Å². The highest BCUT2D eigenvalue weighted by atomic mass is 32.2. The highest BCUT2D eigenvalue weighted by Gasteiger charge is 2.31. The molecule has 1 aromatic carbocycles. The maximum absolute atomic E-state index is 12.3. The topological polar surface area (TPSA) is 63.3 Å². The van der Waals surface area contributed by atoms with Crippen LogP contribution in [0.15, 0.2) is 23.1 Å². The first-order valence-corrected chi connectivity index (χ1v) is 5.64. The van der Waals surface area contributed by atoms with Gasteiger partial charge in [0.25, 0.3) is 0 Å². The second-order valence-corrected chi connectivity index (χ2v) is 4.56. The fourth-order valence-electron chi connectivity index (χ4n) is 1.12. The van der Waals surface area contributed by atoms with Crippen molar-refractivity contribution in [3.63, 3.8) is 0 Å². The van der Waals surface area contributed by atoms with Crippen LogP contribution in [0.25, 0.3) is 0 Å². The van der Waals surface area contributed by atoms with Crippen molar-refractivity contribution in [2.75, 3.05) is 18.1 Å². The first-order chi connectivity index (χ1) is 7.36. The number of rotatable bonds is 3. The Balaban J connectivity index is 3.05. The van der Waals surface area contributed by atoms with Crippen LogP contribution in [0.4, 0.5) is 18.9 Å². The SMILES string of the molecule is Nc1cc(C(F)(F)F)ccc1S(=O)CCO. The number of hydrogen-bond donors (Lipinski definition) is 2. The van der Waals surface area contributed by atoms with Gasteiger partial charge in [0, 0.05) is 5.69 Å². The number of benzene rings is 1. The minimum Gasteiger partial charge on any atom is -0.398 e. The van der Waals surface area contributed by atoms with Crippen molar-refractivity contribution in [2.24, 2.45) is 0 Å². The van der Waals surface area contributed by atoms with Gasteiger partial charge in [0.1, 0.15) is 0 Å². The molecule has 0 radical (unpaired) electrons. The number of nitrogens with two attached hydrogens (primary N) is 1. The highest BCUT2D eigenvalue weighted by Crippen LogP contribution is 2.32. The Morgan fingerprint density at radius 1 is 1.38 bits per heavy atom. The Hall–Kier alpha value is -1.08. The van der Waals surface area contributed by atoms with Crippen LogP contribution < -0.4 is 5.73 Å². The van der Waals surface area contributed by atoms with E-state index < -0.39 is 22.5 Å². The fourth-order valence-corrected chi connectivity index (χ4v) is 2.05. The molecule has 0 aromatic heterocycles. The number of halogens is 3. The predicted octanol–water partition coefficient (Wildman–Crippen LogP) is 1.39. The lowest BCUT2D eigenvalue weighted by Crippen LogP contribution is -2.09. The molecule has 3 N–H and O–H groups in total. The van der Waals surface area contributed by atoms with Crippen molar-refractivity contribution in [1.29, 1.82) is 0 Å². The molecule has 0 heterocycles. The minimum atomic E-state index is -4.47. The van der Waals surface area contributed by atoms with Gasteiger partial charge in [0.15, 0.2) is 0 Å². The summed E-state index contributed by atoms with van der Waals surface area (Å²) in [6.07, 6.45) is -4.47. The molecule has 0 aliphatic heterocycles. The van der Waals surface area contributed by atoms with Gasteiger partial charge in [0.05, 0.1) is 33.6 Å². The lowest BCUT2D eigenvalue weighted by atomic mass is 10.2. The summed E-state index contributed by atoms with van der Waals surface area (Å²) in [7, 11) is -1.57. The van der Waals surface area contributed by atoms with E-state index in [1.165, 1.54) is 0 Å². The maximum atomic E-state index is 12.3.